The fraction of sp³-hybridized carbons (Fsp3) is 0. The van der Waals surface area contributed by atoms with Crippen molar-refractivity contribution in [1.82, 2.24) is 0 Å². The van der Waals surface area contributed by atoms with E-state index in [-0.39, 0.29) is 0 Å². The molecule has 2 nitrogen and oxygen atoms in total. The summed E-state index contributed by atoms with van der Waals surface area (Å²) >= 11 is 0. The molecule has 0 saturated carbocycles. The van der Waals surface area contributed by atoms with Gasteiger partial charge in [-0.2, -0.15) is 0 Å². The van der Waals surface area contributed by atoms with E-state index in [1.165, 1.54) is 43.8 Å². The number of rotatable bonds is 5. The largest absolute Gasteiger partial charge is 0.456 e. The molecule has 0 N–H and O–H groups in total. The summed E-state index contributed by atoms with van der Waals surface area (Å²) in [6, 6.07) is 53.8. The zero-order valence-corrected chi connectivity index (χ0v) is 21.8. The molecule has 0 amide bonds. The highest BCUT2D eigenvalue weighted by Crippen LogP contribution is 2.43. The monoisotopic (exact) mass is 511 g/mol. The Labute approximate surface area is 232 Å². The van der Waals surface area contributed by atoms with Gasteiger partial charge in [0.1, 0.15) is 11.2 Å². The van der Waals surface area contributed by atoms with E-state index in [1.807, 2.05) is 0 Å². The summed E-state index contributed by atoms with van der Waals surface area (Å²) < 4.78 is 6.40. The second-order valence-electron chi connectivity index (χ2n) is 10.2. The fourth-order valence-corrected chi connectivity index (χ4v) is 5.88. The molecule has 0 radical (unpaired) electrons. The molecular weight excluding hydrogens is 486 g/mol. The van der Waals surface area contributed by atoms with E-state index in [4.69, 9.17) is 4.42 Å². The van der Waals surface area contributed by atoms with Crippen LogP contribution >= 0.6 is 0 Å². The van der Waals surface area contributed by atoms with Gasteiger partial charge in [-0.05, 0) is 69.4 Å². The van der Waals surface area contributed by atoms with Crippen LogP contribution in [0.5, 0.6) is 0 Å². The van der Waals surface area contributed by atoms with Crippen molar-refractivity contribution in [3.63, 3.8) is 0 Å². The smallest absolute Gasteiger partial charge is 0.138 e. The van der Waals surface area contributed by atoms with E-state index in [1.54, 1.807) is 0 Å². The SMILES string of the molecule is c1ccc(-c2ccc(N(c3ccc(-c4ccccc4)cc3)c3cc4ccc5cccc6oc(c3)c4c56)cc2)cc1. The molecule has 0 saturated heterocycles. The Bertz CT molecular complexity index is 1990. The highest BCUT2D eigenvalue weighted by Gasteiger charge is 2.19. The van der Waals surface area contributed by atoms with Gasteiger partial charge in [0.15, 0.2) is 0 Å². The minimum Gasteiger partial charge on any atom is -0.456 e. The number of hydrogen-bond acceptors (Lipinski definition) is 2. The quantitative estimate of drug-likeness (QED) is 0.214. The highest BCUT2D eigenvalue weighted by molar-refractivity contribution is 6.22. The second kappa shape index (κ2) is 9.14. The Balaban J connectivity index is 1.29. The van der Waals surface area contributed by atoms with E-state index in [2.05, 4.69) is 157 Å². The highest BCUT2D eigenvalue weighted by atomic mass is 16.3. The molecule has 0 bridgehead atoms. The zero-order valence-electron chi connectivity index (χ0n) is 21.8. The molecule has 188 valence electrons. The molecule has 0 aliphatic heterocycles. The third-order valence-electron chi connectivity index (χ3n) is 7.81. The lowest BCUT2D eigenvalue weighted by atomic mass is 10.0. The first kappa shape index (κ1) is 22.6. The van der Waals surface area contributed by atoms with Gasteiger partial charge in [-0.15, -0.1) is 0 Å². The summed E-state index contributed by atoms with van der Waals surface area (Å²) in [7, 11) is 0. The Hall–Kier alpha value is -5.34. The predicted molar refractivity (Wildman–Crippen MR) is 168 cm³/mol. The Morgan fingerprint density at radius 3 is 1.48 bits per heavy atom. The number of nitrogens with zero attached hydrogens (tertiary/aromatic N) is 1. The van der Waals surface area contributed by atoms with Crippen LogP contribution in [0.3, 0.4) is 0 Å². The maximum absolute atomic E-state index is 6.40. The zero-order chi connectivity index (χ0) is 26.5. The minimum atomic E-state index is 0.908. The standard InChI is InChI=1S/C38H25NO/c1-3-8-26(9-4-1)28-16-20-32(21-17-28)39(33-22-18-29(19-23-33)27-10-5-2-6-11-27)34-24-31-15-14-30-12-7-13-35-37(30)38(31)36(25-34)40-35/h1-25H. The van der Waals surface area contributed by atoms with Crippen LogP contribution < -0.4 is 4.90 Å². The lowest BCUT2D eigenvalue weighted by molar-refractivity contribution is 0.669. The topological polar surface area (TPSA) is 16.4 Å². The van der Waals surface area contributed by atoms with Crippen molar-refractivity contribution in [1.29, 1.82) is 0 Å². The van der Waals surface area contributed by atoms with Crippen molar-refractivity contribution in [3.8, 4) is 22.3 Å². The number of furan rings is 1. The molecule has 8 rings (SSSR count). The molecular formula is C38H25NO. The van der Waals surface area contributed by atoms with Crippen molar-refractivity contribution in [2.24, 2.45) is 0 Å². The van der Waals surface area contributed by atoms with E-state index >= 15 is 0 Å². The summed E-state index contributed by atoms with van der Waals surface area (Å²) in [5.74, 6) is 0. The maximum Gasteiger partial charge on any atom is 0.138 e. The minimum absolute atomic E-state index is 0.908. The lowest BCUT2D eigenvalue weighted by Crippen LogP contribution is -2.10. The molecule has 7 aromatic carbocycles. The average Bonchev–Trinajstić information content (AvgIpc) is 3.41. The first-order valence-electron chi connectivity index (χ1n) is 13.6. The number of hydrogen-bond donors (Lipinski definition) is 0. The molecule has 2 heteroatoms. The molecule has 8 aromatic rings. The molecule has 0 aliphatic rings. The number of anilines is 3. The van der Waals surface area contributed by atoms with Gasteiger partial charge in [-0.3, -0.25) is 0 Å². The number of benzene rings is 7. The summed E-state index contributed by atoms with van der Waals surface area (Å²) in [4.78, 5) is 2.32. The van der Waals surface area contributed by atoms with Crippen LogP contribution in [-0.2, 0) is 0 Å². The van der Waals surface area contributed by atoms with Crippen molar-refractivity contribution < 1.29 is 4.42 Å². The van der Waals surface area contributed by atoms with Gasteiger partial charge in [-0.1, -0.05) is 109 Å². The molecule has 40 heavy (non-hydrogen) atoms. The van der Waals surface area contributed by atoms with Crippen molar-refractivity contribution in [3.05, 3.63) is 152 Å². The second-order valence-corrected chi connectivity index (χ2v) is 10.2. The molecule has 1 heterocycles. The summed E-state index contributed by atoms with van der Waals surface area (Å²) in [6.45, 7) is 0. The normalized spacial score (nSPS) is 11.5. The third kappa shape index (κ3) is 3.73. The van der Waals surface area contributed by atoms with Crippen LogP contribution in [0.1, 0.15) is 0 Å². The van der Waals surface area contributed by atoms with Crippen LogP contribution in [0.25, 0.3) is 55.0 Å². The molecule has 0 spiro atoms. The first-order chi connectivity index (χ1) is 19.8. The van der Waals surface area contributed by atoms with Crippen LogP contribution in [0.4, 0.5) is 17.1 Å². The van der Waals surface area contributed by atoms with Gasteiger partial charge >= 0.3 is 0 Å². The maximum atomic E-state index is 6.40. The van der Waals surface area contributed by atoms with Crippen LogP contribution in [-0.4, -0.2) is 0 Å². The van der Waals surface area contributed by atoms with E-state index in [9.17, 15) is 0 Å². The van der Waals surface area contributed by atoms with Crippen molar-refractivity contribution >= 4 is 49.8 Å². The Morgan fingerprint density at radius 1 is 0.350 bits per heavy atom. The summed E-state index contributed by atoms with van der Waals surface area (Å²) in [5, 5.41) is 4.78. The molecule has 0 aliphatic carbocycles. The summed E-state index contributed by atoms with van der Waals surface area (Å²) in [6.07, 6.45) is 0. The van der Waals surface area contributed by atoms with Gasteiger partial charge in [0.2, 0.25) is 0 Å². The van der Waals surface area contributed by atoms with Gasteiger partial charge in [0, 0.05) is 28.2 Å². The van der Waals surface area contributed by atoms with Crippen LogP contribution in [0.2, 0.25) is 0 Å². The Kier molecular flexibility index (Phi) is 5.17. The van der Waals surface area contributed by atoms with E-state index in [0.717, 1.165) is 28.2 Å². The molecule has 0 atom stereocenters. The predicted octanol–water partition coefficient (Wildman–Crippen LogP) is 11.0. The lowest BCUT2D eigenvalue weighted by Gasteiger charge is -2.26. The van der Waals surface area contributed by atoms with Crippen molar-refractivity contribution in [2.45, 2.75) is 0 Å². The molecule has 0 unspecified atom stereocenters. The van der Waals surface area contributed by atoms with E-state index < -0.39 is 0 Å². The Morgan fingerprint density at radius 2 is 0.875 bits per heavy atom. The molecule has 0 fully saturated rings. The van der Waals surface area contributed by atoms with E-state index in [0.29, 0.717) is 0 Å². The van der Waals surface area contributed by atoms with Gasteiger partial charge in [0.25, 0.3) is 0 Å². The first-order valence-corrected chi connectivity index (χ1v) is 13.6. The van der Waals surface area contributed by atoms with Gasteiger partial charge in [0.05, 0.1) is 5.69 Å². The van der Waals surface area contributed by atoms with Crippen LogP contribution in [0.15, 0.2) is 156 Å². The van der Waals surface area contributed by atoms with Crippen LogP contribution in [0, 0.1) is 0 Å². The van der Waals surface area contributed by atoms with Crippen molar-refractivity contribution in [2.75, 3.05) is 4.90 Å². The van der Waals surface area contributed by atoms with Gasteiger partial charge in [-0.25, -0.2) is 0 Å². The van der Waals surface area contributed by atoms with Gasteiger partial charge < -0.3 is 9.32 Å². The molecule has 1 aromatic heterocycles. The third-order valence-corrected chi connectivity index (χ3v) is 7.81. The summed E-state index contributed by atoms with van der Waals surface area (Å²) in [5.41, 5.74) is 9.90. The average molecular weight is 512 g/mol. The fourth-order valence-electron chi connectivity index (χ4n) is 5.88.